The second-order valence-electron chi connectivity index (χ2n) is 15.5. The fourth-order valence-corrected chi connectivity index (χ4v) is 10.2. The summed E-state index contributed by atoms with van der Waals surface area (Å²) in [6.45, 7) is 4.66. The maximum absolute atomic E-state index is 17.3. The zero-order valence-electron chi connectivity index (χ0n) is 27.4. The Labute approximate surface area is 288 Å². The zero-order valence-corrected chi connectivity index (χ0v) is 28.1. The van der Waals surface area contributed by atoms with Crippen molar-refractivity contribution < 1.29 is 23.4 Å². The number of hydrogen-bond acceptors (Lipinski definition) is 8. The van der Waals surface area contributed by atoms with Gasteiger partial charge in [-0.3, -0.25) is 4.90 Å². The van der Waals surface area contributed by atoms with Gasteiger partial charge >= 0.3 is 6.01 Å². The van der Waals surface area contributed by atoms with Crippen molar-refractivity contribution in [3.8, 4) is 22.9 Å². The number of aromatic nitrogens is 2. The molecule has 0 spiro atoms. The molecule has 1 aromatic heterocycles. The summed E-state index contributed by atoms with van der Waals surface area (Å²) >= 11 is 7.03. The van der Waals surface area contributed by atoms with Gasteiger partial charge in [-0.25, -0.2) is 8.78 Å². The van der Waals surface area contributed by atoms with Crippen LogP contribution in [0.25, 0.3) is 32.8 Å². The molecule has 6 bridgehead atoms. The van der Waals surface area contributed by atoms with Gasteiger partial charge in [0, 0.05) is 61.3 Å². The monoisotopic (exact) mass is 687 g/mol. The van der Waals surface area contributed by atoms with E-state index in [0.717, 1.165) is 84.1 Å². The molecule has 7 fully saturated rings. The normalized spacial score (nSPS) is 30.2. The molecule has 49 heavy (non-hydrogen) atoms. The molecule has 256 valence electrons. The first-order valence-electron chi connectivity index (χ1n) is 18.0. The van der Waals surface area contributed by atoms with E-state index in [-0.39, 0.29) is 39.1 Å². The van der Waals surface area contributed by atoms with Crippen LogP contribution in [0, 0.1) is 17.6 Å². The van der Waals surface area contributed by atoms with Crippen LogP contribution in [-0.2, 0) is 10.2 Å². The van der Waals surface area contributed by atoms with Gasteiger partial charge in [0.15, 0.2) is 5.82 Å². The van der Waals surface area contributed by atoms with Gasteiger partial charge in [0.25, 0.3) is 0 Å². The highest BCUT2D eigenvalue weighted by Crippen LogP contribution is 2.67. The lowest BCUT2D eigenvalue weighted by Crippen LogP contribution is -2.55. The van der Waals surface area contributed by atoms with Crippen molar-refractivity contribution >= 4 is 39.1 Å². The van der Waals surface area contributed by atoms with Gasteiger partial charge in [-0.1, -0.05) is 17.7 Å². The lowest BCUT2D eigenvalue weighted by atomic mass is 9.42. The first-order valence-corrected chi connectivity index (χ1v) is 18.4. The predicted molar refractivity (Wildman–Crippen MR) is 185 cm³/mol. The van der Waals surface area contributed by atoms with Crippen LogP contribution in [0.15, 0.2) is 30.3 Å². The highest BCUT2D eigenvalue weighted by molar-refractivity contribution is 6.35. The molecule has 4 saturated heterocycles. The van der Waals surface area contributed by atoms with Crippen molar-refractivity contribution in [3.63, 3.8) is 0 Å². The first kappa shape index (κ1) is 30.5. The van der Waals surface area contributed by atoms with E-state index in [4.69, 9.17) is 26.1 Å². The van der Waals surface area contributed by atoms with E-state index < -0.39 is 5.82 Å². The number of benzene rings is 3. The number of phenols is 1. The summed E-state index contributed by atoms with van der Waals surface area (Å²) in [5.74, 6) is 0.266. The number of nitrogens with zero attached hydrogens (tertiary/aromatic N) is 4. The Morgan fingerprint density at radius 1 is 0.980 bits per heavy atom. The molecule has 8 nitrogen and oxygen atoms in total. The minimum atomic E-state index is -0.627. The molecule has 3 aliphatic carbocycles. The smallest absolute Gasteiger partial charge is 0.319 e. The second-order valence-corrected chi connectivity index (χ2v) is 15.9. The Morgan fingerprint density at radius 3 is 2.45 bits per heavy atom. The lowest BCUT2D eigenvalue weighted by molar-refractivity contribution is -0.0391. The van der Waals surface area contributed by atoms with Crippen LogP contribution in [0.1, 0.15) is 56.9 Å². The van der Waals surface area contributed by atoms with Crippen LogP contribution in [0.4, 0.5) is 14.6 Å². The van der Waals surface area contributed by atoms with Crippen molar-refractivity contribution in [1.29, 1.82) is 0 Å². The molecular formula is C38H40ClF2N5O3. The molecule has 5 heterocycles. The largest absolute Gasteiger partial charge is 0.508 e. The summed E-state index contributed by atoms with van der Waals surface area (Å²) in [5.41, 5.74) is 0.941. The minimum absolute atomic E-state index is 0.0369. The maximum atomic E-state index is 17.3. The topological polar surface area (TPSA) is 83.0 Å². The number of hydrogen-bond donors (Lipinski definition) is 2. The molecule has 3 aromatic carbocycles. The minimum Gasteiger partial charge on any atom is -0.508 e. The number of aromatic hydroxyl groups is 1. The van der Waals surface area contributed by atoms with E-state index in [2.05, 4.69) is 20.1 Å². The number of nitrogens with one attached hydrogen (secondary N) is 1. The molecule has 4 aliphatic heterocycles. The van der Waals surface area contributed by atoms with Crippen LogP contribution in [0.5, 0.6) is 11.8 Å². The number of ether oxygens (including phenoxy) is 2. The zero-order chi connectivity index (χ0) is 33.0. The van der Waals surface area contributed by atoms with E-state index in [1.54, 1.807) is 18.2 Å². The predicted octanol–water partition coefficient (Wildman–Crippen LogP) is 6.71. The Kier molecular flexibility index (Phi) is 7.07. The van der Waals surface area contributed by atoms with Crippen molar-refractivity contribution in [2.45, 2.75) is 81.1 Å². The van der Waals surface area contributed by atoms with Gasteiger partial charge in [0.2, 0.25) is 0 Å². The quantitative estimate of drug-likeness (QED) is 0.198. The Bertz CT molecular complexity index is 1970. The highest BCUT2D eigenvalue weighted by atomic mass is 35.5. The molecule has 2 N–H and O–H groups in total. The third kappa shape index (κ3) is 5.00. The molecule has 7 aliphatic rings. The summed E-state index contributed by atoms with van der Waals surface area (Å²) in [7, 11) is 0. The summed E-state index contributed by atoms with van der Waals surface area (Å²) in [5, 5.41) is 16.5. The van der Waals surface area contributed by atoms with Crippen LogP contribution in [0.2, 0.25) is 5.02 Å². The number of rotatable bonds is 8. The number of likely N-dealkylation sites (tertiary alicyclic amines) is 1. The summed E-state index contributed by atoms with van der Waals surface area (Å²) in [6.07, 6.45) is 8.66. The summed E-state index contributed by atoms with van der Waals surface area (Å²) < 4.78 is 45.2. The Balaban J connectivity index is 1.06. The van der Waals surface area contributed by atoms with Crippen LogP contribution in [-0.4, -0.2) is 83.6 Å². The molecule has 3 saturated carbocycles. The standard InChI is InChI=1S/C38H40ClF2N5O3/c39-29-12-28-35(34(41)32(29)27-11-24(47)10-21-2-7-30(40)33(31(21)27)38-13-20(14-38)15-38)43-37(44-36(28)46-16-22-3-4-23(17-46)42-22)48-9-1-8-45-18-25-5-6-26(19-45)49-25/h2,7,10-12,20,22-23,25-26,42,47H,1,3-6,8-9,13-19H2. The molecule has 0 radical (unpaired) electrons. The first-order chi connectivity index (χ1) is 23.8. The molecule has 11 heteroatoms. The van der Waals surface area contributed by atoms with Gasteiger partial charge in [-0.2, -0.15) is 9.97 Å². The van der Waals surface area contributed by atoms with Crippen molar-refractivity contribution in [2.75, 3.05) is 44.2 Å². The third-order valence-corrected chi connectivity index (χ3v) is 12.5. The van der Waals surface area contributed by atoms with E-state index in [1.165, 1.54) is 12.1 Å². The van der Waals surface area contributed by atoms with Crippen molar-refractivity contribution in [2.24, 2.45) is 5.92 Å². The van der Waals surface area contributed by atoms with E-state index in [1.807, 2.05) is 0 Å². The van der Waals surface area contributed by atoms with Gasteiger partial charge < -0.3 is 24.8 Å². The number of piperazine rings is 1. The number of halogens is 3. The average Bonchev–Trinajstić information content (AvgIpc) is 3.56. The molecule has 4 unspecified atom stereocenters. The van der Waals surface area contributed by atoms with E-state index >= 15 is 8.78 Å². The highest BCUT2D eigenvalue weighted by Gasteiger charge is 2.59. The second kappa shape index (κ2) is 11.4. The lowest BCUT2D eigenvalue weighted by Gasteiger charge is -2.62. The number of phenolic OH excluding ortho intramolecular Hbond substituents is 1. The molecule has 0 amide bonds. The summed E-state index contributed by atoms with van der Waals surface area (Å²) in [4.78, 5) is 14.2. The SMILES string of the molecule is Oc1cc(-c2c(Cl)cc3c(N4CC5CCC(C4)N5)nc(OCCCN4CC5CCC(C4)O5)nc3c2F)c2c(C34CC(C3)C4)c(F)ccc2c1. The van der Waals surface area contributed by atoms with Gasteiger partial charge in [-0.05, 0) is 103 Å². The number of anilines is 1. The maximum Gasteiger partial charge on any atom is 0.319 e. The Hall–Kier alpha value is -3.31. The van der Waals surface area contributed by atoms with Gasteiger partial charge in [0.1, 0.15) is 22.9 Å². The van der Waals surface area contributed by atoms with Crippen LogP contribution in [0.3, 0.4) is 0 Å². The Morgan fingerprint density at radius 2 is 1.73 bits per heavy atom. The molecule has 4 aromatic rings. The van der Waals surface area contributed by atoms with Crippen molar-refractivity contribution in [3.05, 3.63) is 52.6 Å². The van der Waals surface area contributed by atoms with Gasteiger partial charge in [-0.15, -0.1) is 0 Å². The van der Waals surface area contributed by atoms with Crippen LogP contribution < -0.4 is 15.0 Å². The van der Waals surface area contributed by atoms with Crippen LogP contribution >= 0.6 is 11.6 Å². The number of fused-ring (bicyclic) bond motifs is 6. The van der Waals surface area contributed by atoms with Gasteiger partial charge in [0.05, 0.1) is 23.8 Å². The number of morpholine rings is 1. The van der Waals surface area contributed by atoms with E-state index in [0.29, 0.717) is 69.9 Å². The fraction of sp³-hybridized carbons (Fsp3) is 0.526. The molecule has 11 rings (SSSR count). The summed E-state index contributed by atoms with van der Waals surface area (Å²) in [6, 6.07) is 8.78. The third-order valence-electron chi connectivity index (χ3n) is 12.2. The molecule has 4 atom stereocenters. The fourth-order valence-electron chi connectivity index (χ4n) is 9.94. The van der Waals surface area contributed by atoms with E-state index in [9.17, 15) is 5.11 Å². The van der Waals surface area contributed by atoms with Crippen molar-refractivity contribution in [1.82, 2.24) is 20.2 Å². The molecular weight excluding hydrogens is 648 g/mol. The average molecular weight is 688 g/mol.